The zero-order valence-corrected chi connectivity index (χ0v) is 15.7. The Morgan fingerprint density at radius 2 is 2.08 bits per heavy atom. The Hall–Kier alpha value is -1.34. The molecule has 1 amide bonds. The molecule has 1 saturated carbocycles. The van der Waals surface area contributed by atoms with Gasteiger partial charge in [-0.3, -0.25) is 9.59 Å². The highest BCUT2D eigenvalue weighted by molar-refractivity contribution is 7.99. The lowest BCUT2D eigenvalue weighted by Gasteiger charge is -2.20. The molecule has 1 fully saturated rings. The third kappa shape index (κ3) is 3.83. The summed E-state index contributed by atoms with van der Waals surface area (Å²) in [4.78, 5) is 32.8. The van der Waals surface area contributed by atoms with Crippen LogP contribution < -0.4 is 10.9 Å². The van der Waals surface area contributed by atoms with E-state index in [-0.39, 0.29) is 11.5 Å². The summed E-state index contributed by atoms with van der Waals surface area (Å²) in [7, 11) is 0. The Bertz CT molecular complexity index is 791. The first-order chi connectivity index (χ1) is 11.6. The van der Waals surface area contributed by atoms with Crippen LogP contribution in [0.15, 0.2) is 4.79 Å². The summed E-state index contributed by atoms with van der Waals surface area (Å²) in [5, 5.41) is 4.28. The normalized spacial score (nSPS) is 15.8. The van der Waals surface area contributed by atoms with Crippen molar-refractivity contribution in [3.05, 3.63) is 26.6 Å². The number of thioether (sulfide) groups is 1. The highest BCUT2D eigenvalue weighted by atomic mass is 32.2. The first-order valence-corrected chi connectivity index (χ1v) is 10.3. The van der Waals surface area contributed by atoms with Gasteiger partial charge in [0.05, 0.1) is 10.3 Å². The monoisotopic (exact) mass is 365 g/mol. The lowest BCUT2D eigenvalue weighted by molar-refractivity contribution is 0.0959. The number of nitrogens with one attached hydrogen (secondary N) is 2. The van der Waals surface area contributed by atoms with Crippen molar-refractivity contribution in [3.8, 4) is 0 Å². The first-order valence-electron chi connectivity index (χ1n) is 8.46. The molecule has 24 heavy (non-hydrogen) atoms. The van der Waals surface area contributed by atoms with E-state index in [0.717, 1.165) is 16.6 Å². The zero-order valence-electron chi connectivity index (χ0n) is 14.1. The highest BCUT2D eigenvalue weighted by Gasteiger charge is 2.19. The number of aryl methyl sites for hydroxylation is 2. The average molecular weight is 366 g/mol. The molecule has 2 aromatic heterocycles. The summed E-state index contributed by atoms with van der Waals surface area (Å²) in [6.45, 7) is 4.23. The predicted octanol–water partition coefficient (Wildman–Crippen LogP) is 3.40. The number of nitrogens with zero attached hydrogens (tertiary/aromatic N) is 1. The molecule has 3 rings (SSSR count). The van der Waals surface area contributed by atoms with Crippen molar-refractivity contribution in [2.75, 3.05) is 12.3 Å². The van der Waals surface area contributed by atoms with Crippen LogP contribution >= 0.6 is 23.1 Å². The molecular formula is C17H23N3O2S2. The van der Waals surface area contributed by atoms with Crippen molar-refractivity contribution in [2.24, 2.45) is 0 Å². The minimum absolute atomic E-state index is 0.100. The molecule has 0 spiro atoms. The number of carbonyl (C=O) groups excluding carboxylic acids is 1. The Kier molecular flexibility index (Phi) is 5.61. The summed E-state index contributed by atoms with van der Waals surface area (Å²) in [6.07, 6.45) is 6.66. The van der Waals surface area contributed by atoms with Crippen molar-refractivity contribution < 1.29 is 4.79 Å². The number of hydrogen-bond donors (Lipinski definition) is 2. The largest absolute Gasteiger partial charge is 0.351 e. The summed E-state index contributed by atoms with van der Waals surface area (Å²) in [5.41, 5.74) is 0.555. The van der Waals surface area contributed by atoms with Crippen LogP contribution in [0, 0.1) is 13.8 Å². The number of H-pyrrole nitrogens is 1. The van der Waals surface area contributed by atoms with Gasteiger partial charge in [-0.2, -0.15) is 11.8 Å². The summed E-state index contributed by atoms with van der Waals surface area (Å²) in [6, 6.07) is 0. The van der Waals surface area contributed by atoms with E-state index in [0.29, 0.717) is 27.5 Å². The van der Waals surface area contributed by atoms with Crippen LogP contribution in [-0.2, 0) is 0 Å². The Morgan fingerprint density at radius 1 is 1.33 bits per heavy atom. The maximum absolute atomic E-state index is 12.4. The number of carbonyl (C=O) groups is 1. The smallest absolute Gasteiger partial charge is 0.261 e. The topological polar surface area (TPSA) is 74.8 Å². The van der Waals surface area contributed by atoms with E-state index in [9.17, 15) is 9.59 Å². The van der Waals surface area contributed by atoms with Crippen LogP contribution in [0.5, 0.6) is 0 Å². The molecular weight excluding hydrogens is 342 g/mol. The van der Waals surface area contributed by atoms with Gasteiger partial charge in [0.15, 0.2) is 0 Å². The second kappa shape index (κ2) is 7.70. The second-order valence-corrected chi connectivity index (χ2v) is 8.68. The van der Waals surface area contributed by atoms with Crippen LogP contribution in [0.25, 0.3) is 10.2 Å². The molecule has 1 aliphatic carbocycles. The van der Waals surface area contributed by atoms with E-state index < -0.39 is 0 Å². The van der Waals surface area contributed by atoms with Gasteiger partial charge in [-0.15, -0.1) is 11.3 Å². The third-order valence-electron chi connectivity index (χ3n) is 4.42. The molecule has 130 valence electrons. The third-order valence-corrected chi connectivity index (χ3v) is 6.99. The number of rotatable bonds is 5. The number of aromatic nitrogens is 2. The second-order valence-electron chi connectivity index (χ2n) is 6.27. The van der Waals surface area contributed by atoms with E-state index in [2.05, 4.69) is 15.3 Å². The van der Waals surface area contributed by atoms with Gasteiger partial charge in [0.25, 0.3) is 11.5 Å². The molecule has 0 atom stereocenters. The van der Waals surface area contributed by atoms with E-state index in [4.69, 9.17) is 0 Å². The van der Waals surface area contributed by atoms with Gasteiger partial charge in [-0.05, 0) is 32.3 Å². The molecule has 1 aliphatic rings. The standard InChI is InChI=1S/C17H23N3O2S2/c1-10-13-15(21)19-11(2)20-17(13)24-14(10)16(22)18-8-9-23-12-6-4-3-5-7-12/h12H,3-9H2,1-2H3,(H,18,22)(H,19,20,21). The van der Waals surface area contributed by atoms with E-state index in [1.165, 1.54) is 43.4 Å². The number of amides is 1. The molecule has 0 saturated heterocycles. The van der Waals surface area contributed by atoms with Gasteiger partial charge in [0.1, 0.15) is 10.7 Å². The van der Waals surface area contributed by atoms with Crippen molar-refractivity contribution in [1.82, 2.24) is 15.3 Å². The molecule has 0 radical (unpaired) electrons. The molecule has 0 aromatic carbocycles. The number of hydrogen-bond acceptors (Lipinski definition) is 5. The predicted molar refractivity (Wildman–Crippen MR) is 101 cm³/mol. The Labute approximate surface area is 149 Å². The molecule has 5 nitrogen and oxygen atoms in total. The molecule has 2 N–H and O–H groups in total. The van der Waals surface area contributed by atoms with Crippen molar-refractivity contribution in [1.29, 1.82) is 0 Å². The summed E-state index contributed by atoms with van der Waals surface area (Å²) in [5.74, 6) is 1.42. The van der Waals surface area contributed by atoms with Gasteiger partial charge in [-0.1, -0.05) is 19.3 Å². The molecule has 7 heteroatoms. The lowest BCUT2D eigenvalue weighted by Crippen LogP contribution is -2.26. The van der Waals surface area contributed by atoms with Crippen LogP contribution in [0.2, 0.25) is 0 Å². The fourth-order valence-corrected chi connectivity index (χ4v) is 5.53. The Morgan fingerprint density at radius 3 is 2.83 bits per heavy atom. The van der Waals surface area contributed by atoms with Crippen molar-refractivity contribution in [2.45, 2.75) is 51.2 Å². The summed E-state index contributed by atoms with van der Waals surface area (Å²) < 4.78 is 0. The maximum Gasteiger partial charge on any atom is 0.261 e. The highest BCUT2D eigenvalue weighted by Crippen LogP contribution is 2.28. The van der Waals surface area contributed by atoms with Gasteiger partial charge < -0.3 is 10.3 Å². The molecule has 0 unspecified atom stereocenters. The number of thiophene rings is 1. The number of aromatic amines is 1. The van der Waals surface area contributed by atoms with Gasteiger partial charge in [0.2, 0.25) is 0 Å². The first kappa shape index (κ1) is 17.5. The van der Waals surface area contributed by atoms with Crippen molar-refractivity contribution in [3.63, 3.8) is 0 Å². The molecule has 2 heterocycles. The summed E-state index contributed by atoms with van der Waals surface area (Å²) >= 11 is 3.27. The zero-order chi connectivity index (χ0) is 17.1. The Balaban J connectivity index is 1.60. The maximum atomic E-state index is 12.4. The SMILES string of the molecule is Cc1nc2sc(C(=O)NCCSC3CCCCC3)c(C)c2c(=O)[nH]1. The van der Waals surface area contributed by atoms with Gasteiger partial charge in [-0.25, -0.2) is 4.98 Å². The average Bonchev–Trinajstić information content (AvgIpc) is 2.89. The van der Waals surface area contributed by atoms with E-state index >= 15 is 0 Å². The molecule has 0 bridgehead atoms. The lowest BCUT2D eigenvalue weighted by atomic mass is 10.0. The van der Waals surface area contributed by atoms with Crippen LogP contribution in [0.4, 0.5) is 0 Å². The van der Waals surface area contributed by atoms with Crippen LogP contribution in [0.3, 0.4) is 0 Å². The van der Waals surface area contributed by atoms with E-state index in [1.54, 1.807) is 6.92 Å². The fraction of sp³-hybridized carbons (Fsp3) is 0.588. The van der Waals surface area contributed by atoms with E-state index in [1.807, 2.05) is 18.7 Å². The molecule has 2 aromatic rings. The number of fused-ring (bicyclic) bond motifs is 1. The molecule has 0 aliphatic heterocycles. The minimum Gasteiger partial charge on any atom is -0.351 e. The van der Waals surface area contributed by atoms with Gasteiger partial charge in [0, 0.05) is 17.5 Å². The van der Waals surface area contributed by atoms with Gasteiger partial charge >= 0.3 is 0 Å². The quantitative estimate of drug-likeness (QED) is 0.797. The fourth-order valence-electron chi connectivity index (χ4n) is 3.17. The minimum atomic E-state index is -0.168. The van der Waals surface area contributed by atoms with Crippen molar-refractivity contribution >= 4 is 39.2 Å². The van der Waals surface area contributed by atoms with Crippen LogP contribution in [-0.4, -0.2) is 33.4 Å². The van der Waals surface area contributed by atoms with Crippen LogP contribution in [0.1, 0.15) is 53.2 Å².